The average Bonchev–Trinajstić information content (AvgIpc) is 2.49. The fourth-order valence-corrected chi connectivity index (χ4v) is 1.46. The zero-order chi connectivity index (χ0) is 9.42. The van der Waals surface area contributed by atoms with Crippen molar-refractivity contribution in [2.75, 3.05) is 0 Å². The highest BCUT2D eigenvalue weighted by molar-refractivity contribution is 7.71. The van der Waals surface area contributed by atoms with E-state index in [9.17, 15) is 0 Å². The molecule has 13 heavy (non-hydrogen) atoms. The summed E-state index contributed by atoms with van der Waals surface area (Å²) < 4.78 is 2.55. The smallest absolute Gasteiger partial charge is 0.129 e. The minimum atomic E-state index is 0.439. The first-order chi connectivity index (χ1) is 6.18. The zero-order valence-electron chi connectivity index (χ0n) is 7.61. The van der Waals surface area contributed by atoms with Gasteiger partial charge in [-0.25, -0.2) is 4.52 Å². The van der Waals surface area contributed by atoms with E-state index in [2.05, 4.69) is 23.9 Å². The summed E-state index contributed by atoms with van der Waals surface area (Å²) in [5, 5.41) is 4.40. The van der Waals surface area contributed by atoms with Crippen LogP contribution in [0.25, 0.3) is 5.52 Å². The van der Waals surface area contributed by atoms with Gasteiger partial charge in [-0.15, -0.1) is 0 Å². The summed E-state index contributed by atoms with van der Waals surface area (Å²) in [6.07, 6.45) is 3.67. The molecule has 0 spiro atoms. The SMILES string of the molecule is CC(C)c1cc2c(=S)[nH]ccn2n1. The first kappa shape index (κ1) is 8.44. The van der Waals surface area contributed by atoms with E-state index >= 15 is 0 Å². The van der Waals surface area contributed by atoms with Gasteiger partial charge in [0.2, 0.25) is 0 Å². The van der Waals surface area contributed by atoms with Crippen LogP contribution in [-0.4, -0.2) is 14.6 Å². The van der Waals surface area contributed by atoms with Gasteiger partial charge in [0.25, 0.3) is 0 Å². The van der Waals surface area contributed by atoms with Gasteiger partial charge in [-0.1, -0.05) is 26.1 Å². The molecule has 2 aromatic rings. The summed E-state index contributed by atoms with van der Waals surface area (Å²) in [6.45, 7) is 4.24. The molecular formula is C9H11N3S. The number of hydrogen-bond acceptors (Lipinski definition) is 2. The van der Waals surface area contributed by atoms with Gasteiger partial charge in [0.05, 0.1) is 5.69 Å². The predicted octanol–water partition coefficient (Wildman–Crippen LogP) is 2.52. The number of nitrogens with zero attached hydrogens (tertiary/aromatic N) is 2. The Hall–Kier alpha value is -1.16. The molecule has 1 N–H and O–H groups in total. The Morgan fingerprint density at radius 1 is 1.54 bits per heavy atom. The van der Waals surface area contributed by atoms with E-state index in [-0.39, 0.29) is 0 Å². The topological polar surface area (TPSA) is 33.1 Å². The van der Waals surface area contributed by atoms with Crippen molar-refractivity contribution in [3.63, 3.8) is 0 Å². The lowest BCUT2D eigenvalue weighted by atomic mass is 10.1. The molecule has 68 valence electrons. The maximum atomic E-state index is 5.14. The zero-order valence-corrected chi connectivity index (χ0v) is 8.43. The van der Waals surface area contributed by atoms with Gasteiger partial charge in [-0.3, -0.25) is 0 Å². The summed E-state index contributed by atoms with van der Waals surface area (Å²) in [6, 6.07) is 2.03. The van der Waals surface area contributed by atoms with E-state index in [1.807, 2.05) is 16.8 Å². The molecule has 0 radical (unpaired) electrons. The Morgan fingerprint density at radius 3 is 2.92 bits per heavy atom. The van der Waals surface area contributed by atoms with E-state index < -0.39 is 0 Å². The molecule has 0 aliphatic carbocycles. The van der Waals surface area contributed by atoms with Gasteiger partial charge in [-0.05, 0) is 12.0 Å². The third kappa shape index (κ3) is 1.37. The second-order valence-electron chi connectivity index (χ2n) is 3.34. The maximum absolute atomic E-state index is 5.14. The van der Waals surface area contributed by atoms with Crippen LogP contribution in [0, 0.1) is 4.64 Å². The summed E-state index contributed by atoms with van der Waals surface area (Å²) in [5.74, 6) is 0.439. The van der Waals surface area contributed by atoms with Crippen LogP contribution in [0.4, 0.5) is 0 Å². The monoisotopic (exact) mass is 193 g/mol. The van der Waals surface area contributed by atoms with Crippen LogP contribution in [0.1, 0.15) is 25.5 Å². The standard InChI is InChI=1S/C9H11N3S/c1-6(2)7-5-8-9(13)10-3-4-12(8)11-7/h3-6H,1-2H3,(H,10,13). The van der Waals surface area contributed by atoms with Crippen molar-refractivity contribution in [2.24, 2.45) is 0 Å². The average molecular weight is 193 g/mol. The molecule has 0 aromatic carbocycles. The second kappa shape index (κ2) is 2.96. The Kier molecular flexibility index (Phi) is 1.92. The van der Waals surface area contributed by atoms with Gasteiger partial charge in [0.1, 0.15) is 10.2 Å². The molecule has 0 amide bonds. The minimum Gasteiger partial charge on any atom is -0.350 e. The Balaban J connectivity index is 2.76. The maximum Gasteiger partial charge on any atom is 0.129 e. The fourth-order valence-electron chi connectivity index (χ4n) is 1.24. The molecule has 4 heteroatoms. The Morgan fingerprint density at radius 2 is 2.31 bits per heavy atom. The Labute approximate surface area is 81.4 Å². The Bertz CT molecular complexity index is 481. The molecule has 2 heterocycles. The lowest BCUT2D eigenvalue weighted by Crippen LogP contribution is -1.90. The molecule has 0 fully saturated rings. The lowest BCUT2D eigenvalue weighted by Gasteiger charge is -1.94. The quantitative estimate of drug-likeness (QED) is 0.706. The minimum absolute atomic E-state index is 0.439. The molecule has 0 aliphatic rings. The summed E-state index contributed by atoms with van der Waals surface area (Å²) in [5.41, 5.74) is 2.05. The molecular weight excluding hydrogens is 182 g/mol. The van der Waals surface area contributed by atoms with Gasteiger partial charge in [-0.2, -0.15) is 5.10 Å². The highest BCUT2D eigenvalue weighted by Gasteiger charge is 2.05. The van der Waals surface area contributed by atoms with Crippen molar-refractivity contribution in [1.29, 1.82) is 0 Å². The highest BCUT2D eigenvalue weighted by atomic mass is 32.1. The van der Waals surface area contributed by atoms with Crippen LogP contribution < -0.4 is 0 Å². The third-order valence-corrected chi connectivity index (χ3v) is 2.34. The fraction of sp³-hybridized carbons (Fsp3) is 0.333. The van der Waals surface area contributed by atoms with Crippen LogP contribution in [0.15, 0.2) is 18.5 Å². The predicted molar refractivity (Wildman–Crippen MR) is 54.5 cm³/mol. The normalized spacial score (nSPS) is 11.3. The summed E-state index contributed by atoms with van der Waals surface area (Å²) in [4.78, 5) is 2.98. The number of hydrogen-bond donors (Lipinski definition) is 1. The molecule has 0 unspecified atom stereocenters. The van der Waals surface area contributed by atoms with E-state index in [1.54, 1.807) is 6.20 Å². The van der Waals surface area contributed by atoms with Gasteiger partial charge >= 0.3 is 0 Å². The lowest BCUT2D eigenvalue weighted by molar-refractivity contribution is 0.786. The van der Waals surface area contributed by atoms with Crippen LogP contribution in [0.3, 0.4) is 0 Å². The van der Waals surface area contributed by atoms with Crippen molar-refractivity contribution in [3.8, 4) is 0 Å². The molecule has 3 nitrogen and oxygen atoms in total. The first-order valence-electron chi connectivity index (χ1n) is 4.25. The van der Waals surface area contributed by atoms with E-state index in [0.29, 0.717) is 5.92 Å². The van der Waals surface area contributed by atoms with Crippen molar-refractivity contribution in [1.82, 2.24) is 14.6 Å². The number of aromatic nitrogens is 3. The highest BCUT2D eigenvalue weighted by Crippen LogP contribution is 2.14. The third-order valence-electron chi connectivity index (χ3n) is 2.01. The molecule has 0 atom stereocenters. The molecule has 2 rings (SSSR count). The number of aromatic amines is 1. The number of nitrogens with one attached hydrogen (secondary N) is 1. The van der Waals surface area contributed by atoms with Gasteiger partial charge < -0.3 is 4.98 Å². The molecule has 2 aromatic heterocycles. The van der Waals surface area contributed by atoms with Crippen LogP contribution in [0.5, 0.6) is 0 Å². The van der Waals surface area contributed by atoms with Gasteiger partial charge in [0.15, 0.2) is 0 Å². The van der Waals surface area contributed by atoms with E-state index in [4.69, 9.17) is 12.2 Å². The molecule has 0 saturated carbocycles. The van der Waals surface area contributed by atoms with Crippen molar-refractivity contribution < 1.29 is 0 Å². The summed E-state index contributed by atoms with van der Waals surface area (Å²) >= 11 is 5.14. The van der Waals surface area contributed by atoms with E-state index in [1.165, 1.54) is 0 Å². The molecule has 0 saturated heterocycles. The molecule has 0 aliphatic heterocycles. The van der Waals surface area contributed by atoms with Crippen molar-refractivity contribution in [2.45, 2.75) is 19.8 Å². The first-order valence-corrected chi connectivity index (χ1v) is 4.66. The number of fused-ring (bicyclic) bond motifs is 1. The van der Waals surface area contributed by atoms with Crippen molar-refractivity contribution >= 4 is 17.7 Å². The van der Waals surface area contributed by atoms with Crippen LogP contribution in [0.2, 0.25) is 0 Å². The van der Waals surface area contributed by atoms with Crippen molar-refractivity contribution in [3.05, 3.63) is 28.8 Å². The van der Waals surface area contributed by atoms with E-state index in [0.717, 1.165) is 15.9 Å². The number of rotatable bonds is 1. The second-order valence-corrected chi connectivity index (χ2v) is 3.75. The van der Waals surface area contributed by atoms with Crippen LogP contribution >= 0.6 is 12.2 Å². The van der Waals surface area contributed by atoms with Gasteiger partial charge in [0, 0.05) is 12.4 Å². The van der Waals surface area contributed by atoms with Crippen LogP contribution in [-0.2, 0) is 0 Å². The number of H-pyrrole nitrogens is 1. The largest absolute Gasteiger partial charge is 0.350 e. The summed E-state index contributed by atoms with van der Waals surface area (Å²) in [7, 11) is 0. The molecule has 0 bridgehead atoms.